The summed E-state index contributed by atoms with van der Waals surface area (Å²) in [5.41, 5.74) is 0. The standard InChI is InChI=1S/C8H10O2/c1-3-4-5-6-7-10-8(2)9/h3-7H,1H2,2H3. The van der Waals surface area contributed by atoms with E-state index in [0.29, 0.717) is 0 Å². The molecule has 0 saturated carbocycles. The Bertz CT molecular complexity index is 166. The van der Waals surface area contributed by atoms with Gasteiger partial charge in [-0.25, -0.2) is 0 Å². The molecule has 0 spiro atoms. The van der Waals surface area contributed by atoms with Gasteiger partial charge in [-0.2, -0.15) is 0 Å². The van der Waals surface area contributed by atoms with E-state index in [1.54, 1.807) is 24.3 Å². The van der Waals surface area contributed by atoms with Gasteiger partial charge in [0.1, 0.15) is 0 Å². The molecule has 0 atom stereocenters. The monoisotopic (exact) mass is 138 g/mol. The van der Waals surface area contributed by atoms with E-state index in [1.807, 2.05) is 0 Å². The molecule has 0 rings (SSSR count). The zero-order chi connectivity index (χ0) is 7.82. The largest absolute Gasteiger partial charge is 0.435 e. The molecule has 0 aliphatic heterocycles. The summed E-state index contributed by atoms with van der Waals surface area (Å²) >= 11 is 0. The third-order valence-corrected chi connectivity index (χ3v) is 0.671. The smallest absolute Gasteiger partial charge is 0.307 e. The van der Waals surface area contributed by atoms with Crippen LogP contribution >= 0.6 is 0 Å². The highest BCUT2D eigenvalue weighted by Crippen LogP contribution is 1.81. The first-order chi connectivity index (χ1) is 4.77. The minimum Gasteiger partial charge on any atom is -0.435 e. The molecular formula is C8H10O2. The molecule has 10 heavy (non-hydrogen) atoms. The molecule has 0 aliphatic carbocycles. The highest BCUT2D eigenvalue weighted by atomic mass is 16.5. The van der Waals surface area contributed by atoms with E-state index in [1.165, 1.54) is 13.2 Å². The van der Waals surface area contributed by atoms with Crippen LogP contribution in [0.1, 0.15) is 6.92 Å². The van der Waals surface area contributed by atoms with Crippen molar-refractivity contribution in [2.75, 3.05) is 0 Å². The number of allylic oxidation sites excluding steroid dienone is 4. The minimum absolute atomic E-state index is 0.316. The topological polar surface area (TPSA) is 26.3 Å². The molecule has 2 nitrogen and oxygen atoms in total. The van der Waals surface area contributed by atoms with Gasteiger partial charge in [0.15, 0.2) is 0 Å². The van der Waals surface area contributed by atoms with Crippen LogP contribution in [0.3, 0.4) is 0 Å². The molecule has 0 saturated heterocycles. The minimum atomic E-state index is -0.316. The number of esters is 1. The molecule has 0 N–H and O–H groups in total. The first-order valence-corrected chi connectivity index (χ1v) is 2.89. The zero-order valence-corrected chi connectivity index (χ0v) is 5.91. The first-order valence-electron chi connectivity index (χ1n) is 2.89. The quantitative estimate of drug-likeness (QED) is 0.337. The van der Waals surface area contributed by atoms with Gasteiger partial charge in [0.05, 0.1) is 6.26 Å². The SMILES string of the molecule is C=CC=CC=COC(C)=O. The molecule has 0 fully saturated rings. The van der Waals surface area contributed by atoms with Crippen molar-refractivity contribution in [3.63, 3.8) is 0 Å². The van der Waals surface area contributed by atoms with Gasteiger partial charge in [0.25, 0.3) is 0 Å². The lowest BCUT2D eigenvalue weighted by Crippen LogP contribution is -1.88. The van der Waals surface area contributed by atoms with Crippen LogP contribution < -0.4 is 0 Å². The average molecular weight is 138 g/mol. The number of rotatable bonds is 3. The first kappa shape index (κ1) is 8.69. The Morgan fingerprint density at radius 2 is 2.10 bits per heavy atom. The maximum absolute atomic E-state index is 10.2. The third-order valence-electron chi connectivity index (χ3n) is 0.671. The van der Waals surface area contributed by atoms with Crippen molar-refractivity contribution in [1.82, 2.24) is 0 Å². The molecule has 0 aliphatic rings. The van der Waals surface area contributed by atoms with Crippen molar-refractivity contribution >= 4 is 5.97 Å². The molecule has 0 aromatic rings. The molecule has 0 aromatic heterocycles. The third kappa shape index (κ3) is 6.69. The summed E-state index contributed by atoms with van der Waals surface area (Å²) in [6.07, 6.45) is 8.03. The number of carbonyl (C=O) groups is 1. The molecule has 0 heterocycles. The number of ether oxygens (including phenoxy) is 1. The molecular weight excluding hydrogens is 128 g/mol. The predicted molar refractivity (Wildman–Crippen MR) is 40.2 cm³/mol. The second kappa shape index (κ2) is 5.82. The Morgan fingerprint density at radius 3 is 2.60 bits per heavy atom. The zero-order valence-electron chi connectivity index (χ0n) is 5.91. The van der Waals surface area contributed by atoms with E-state index in [2.05, 4.69) is 11.3 Å². The van der Waals surface area contributed by atoms with Gasteiger partial charge in [-0.15, -0.1) is 0 Å². The van der Waals surface area contributed by atoms with E-state index in [0.717, 1.165) is 0 Å². The van der Waals surface area contributed by atoms with Crippen molar-refractivity contribution in [2.24, 2.45) is 0 Å². The van der Waals surface area contributed by atoms with E-state index < -0.39 is 0 Å². The average Bonchev–Trinajstić information content (AvgIpc) is 1.87. The van der Waals surface area contributed by atoms with Gasteiger partial charge in [0, 0.05) is 6.92 Å². The van der Waals surface area contributed by atoms with Gasteiger partial charge >= 0.3 is 5.97 Å². The second-order valence-corrected chi connectivity index (χ2v) is 1.56. The maximum Gasteiger partial charge on any atom is 0.307 e. The van der Waals surface area contributed by atoms with Crippen molar-refractivity contribution in [2.45, 2.75) is 6.92 Å². The van der Waals surface area contributed by atoms with Crippen LogP contribution in [0.5, 0.6) is 0 Å². The Kier molecular flexibility index (Phi) is 5.06. The molecule has 0 aromatic carbocycles. The van der Waals surface area contributed by atoms with Crippen molar-refractivity contribution in [3.05, 3.63) is 37.1 Å². The normalized spacial score (nSPS) is 10.5. The van der Waals surface area contributed by atoms with Crippen LogP contribution in [-0.4, -0.2) is 5.97 Å². The highest BCUT2D eigenvalue weighted by Gasteiger charge is 1.81. The fourth-order valence-corrected chi connectivity index (χ4v) is 0.323. The summed E-state index contributed by atoms with van der Waals surface area (Å²) in [6.45, 7) is 4.81. The van der Waals surface area contributed by atoms with Gasteiger partial charge < -0.3 is 4.74 Å². The Hall–Kier alpha value is -1.31. The van der Waals surface area contributed by atoms with Crippen LogP contribution in [0.2, 0.25) is 0 Å². The molecule has 2 heteroatoms. The van der Waals surface area contributed by atoms with Crippen molar-refractivity contribution < 1.29 is 9.53 Å². The number of hydrogen-bond acceptors (Lipinski definition) is 2. The van der Waals surface area contributed by atoms with Crippen LogP contribution in [0.4, 0.5) is 0 Å². The highest BCUT2D eigenvalue weighted by molar-refractivity contribution is 5.66. The lowest BCUT2D eigenvalue weighted by atomic mass is 10.5. The summed E-state index contributed by atoms with van der Waals surface area (Å²) in [6, 6.07) is 0. The fourth-order valence-electron chi connectivity index (χ4n) is 0.323. The van der Waals surface area contributed by atoms with E-state index in [9.17, 15) is 4.79 Å². The van der Waals surface area contributed by atoms with Crippen LogP contribution in [0.25, 0.3) is 0 Å². The summed E-state index contributed by atoms with van der Waals surface area (Å²) in [5.74, 6) is -0.316. The summed E-state index contributed by atoms with van der Waals surface area (Å²) in [4.78, 5) is 10.2. The molecule has 54 valence electrons. The molecule has 0 unspecified atom stereocenters. The van der Waals surface area contributed by atoms with E-state index in [4.69, 9.17) is 0 Å². The summed E-state index contributed by atoms with van der Waals surface area (Å²) < 4.78 is 4.48. The van der Waals surface area contributed by atoms with E-state index in [-0.39, 0.29) is 5.97 Å². The summed E-state index contributed by atoms with van der Waals surface area (Å²) in [5, 5.41) is 0. The van der Waals surface area contributed by atoms with Crippen LogP contribution in [0.15, 0.2) is 37.1 Å². The molecule has 0 amide bonds. The van der Waals surface area contributed by atoms with Gasteiger partial charge in [-0.05, 0) is 6.08 Å². The molecule has 0 bridgehead atoms. The number of carbonyl (C=O) groups excluding carboxylic acids is 1. The number of hydrogen-bond donors (Lipinski definition) is 0. The van der Waals surface area contributed by atoms with Crippen LogP contribution in [0, 0.1) is 0 Å². The Balaban J connectivity index is 3.46. The lowest BCUT2D eigenvalue weighted by Gasteiger charge is -1.86. The maximum atomic E-state index is 10.2. The van der Waals surface area contributed by atoms with Gasteiger partial charge in [0.2, 0.25) is 0 Å². The van der Waals surface area contributed by atoms with Crippen LogP contribution in [-0.2, 0) is 9.53 Å². The summed E-state index contributed by atoms with van der Waals surface area (Å²) in [7, 11) is 0. The Morgan fingerprint density at radius 1 is 1.40 bits per heavy atom. The lowest BCUT2D eigenvalue weighted by molar-refractivity contribution is -0.135. The van der Waals surface area contributed by atoms with Crippen molar-refractivity contribution in [3.8, 4) is 0 Å². The predicted octanol–water partition coefficient (Wildman–Crippen LogP) is 1.81. The Labute approximate surface area is 60.5 Å². The fraction of sp³-hybridized carbons (Fsp3) is 0.125. The second-order valence-electron chi connectivity index (χ2n) is 1.56. The van der Waals surface area contributed by atoms with Gasteiger partial charge in [-0.1, -0.05) is 24.8 Å². The van der Waals surface area contributed by atoms with Crippen molar-refractivity contribution in [1.29, 1.82) is 0 Å². The van der Waals surface area contributed by atoms with Gasteiger partial charge in [-0.3, -0.25) is 4.79 Å². The van der Waals surface area contributed by atoms with E-state index >= 15 is 0 Å². The molecule has 0 radical (unpaired) electrons.